The van der Waals surface area contributed by atoms with E-state index in [9.17, 15) is 13.2 Å². The molecule has 2 aromatic rings. The molecule has 1 heterocycles. The average molecular weight is 336 g/mol. The summed E-state index contributed by atoms with van der Waals surface area (Å²) in [6.45, 7) is 1.46. The third kappa shape index (κ3) is 4.43. The highest BCUT2D eigenvalue weighted by molar-refractivity contribution is 7.90. The Hall–Kier alpha value is -2.61. The lowest BCUT2D eigenvalue weighted by molar-refractivity contribution is -0.125. The smallest absolute Gasteiger partial charge is 0.274 e. The molecule has 122 valence electrons. The standard InChI is InChI=1S/C15H16N2O5S/c1-11(22-13-7-5-12(21-2)6-8-13)15(18)17-23(19,20)14-4-3-9-16-10-14/h3-11H,1-2H3,(H,17,18)/t11-/m1/s1. The summed E-state index contributed by atoms with van der Waals surface area (Å²) in [6.07, 6.45) is 1.61. The number of methoxy groups -OCH3 is 1. The molecule has 7 nitrogen and oxygen atoms in total. The van der Waals surface area contributed by atoms with Gasteiger partial charge in [0.1, 0.15) is 16.4 Å². The highest BCUT2D eigenvalue weighted by Gasteiger charge is 2.23. The number of carbonyl (C=O) groups excluding carboxylic acids is 1. The Balaban J connectivity index is 2.02. The Bertz CT molecular complexity index is 760. The van der Waals surface area contributed by atoms with E-state index >= 15 is 0 Å². The number of nitrogens with zero attached hydrogens (tertiary/aromatic N) is 1. The molecule has 1 aromatic carbocycles. The summed E-state index contributed by atoms with van der Waals surface area (Å²) in [6, 6.07) is 9.41. The number of aromatic nitrogens is 1. The van der Waals surface area contributed by atoms with E-state index in [0.717, 1.165) is 6.20 Å². The zero-order valence-corrected chi connectivity index (χ0v) is 13.4. The summed E-state index contributed by atoms with van der Waals surface area (Å²) < 4.78 is 36.5. The molecule has 0 saturated carbocycles. The van der Waals surface area contributed by atoms with E-state index in [-0.39, 0.29) is 4.90 Å². The first-order valence-electron chi connectivity index (χ1n) is 6.70. The van der Waals surface area contributed by atoms with Gasteiger partial charge in [0, 0.05) is 12.4 Å². The summed E-state index contributed by atoms with van der Waals surface area (Å²) in [4.78, 5) is 15.6. The Morgan fingerprint density at radius 3 is 2.39 bits per heavy atom. The Morgan fingerprint density at radius 2 is 1.83 bits per heavy atom. The van der Waals surface area contributed by atoms with Crippen molar-refractivity contribution >= 4 is 15.9 Å². The molecule has 2 rings (SSSR count). The van der Waals surface area contributed by atoms with Crippen molar-refractivity contribution in [3.8, 4) is 11.5 Å². The SMILES string of the molecule is COc1ccc(O[C@H](C)C(=O)NS(=O)(=O)c2cccnc2)cc1. The van der Waals surface area contributed by atoms with Crippen molar-refractivity contribution in [3.05, 3.63) is 48.8 Å². The third-order valence-electron chi connectivity index (χ3n) is 2.92. The lowest BCUT2D eigenvalue weighted by Crippen LogP contribution is -2.40. The Morgan fingerprint density at radius 1 is 1.17 bits per heavy atom. The van der Waals surface area contributed by atoms with Gasteiger partial charge in [0.25, 0.3) is 15.9 Å². The Labute approximate surface area is 134 Å². The minimum atomic E-state index is -3.97. The van der Waals surface area contributed by atoms with Gasteiger partial charge in [-0.3, -0.25) is 9.78 Å². The van der Waals surface area contributed by atoms with Crippen LogP contribution in [-0.2, 0) is 14.8 Å². The molecule has 8 heteroatoms. The second-order valence-corrected chi connectivity index (χ2v) is 6.28. The van der Waals surface area contributed by atoms with E-state index in [2.05, 4.69) is 4.98 Å². The van der Waals surface area contributed by atoms with Crippen LogP contribution in [0.4, 0.5) is 0 Å². The van der Waals surface area contributed by atoms with E-state index < -0.39 is 22.0 Å². The fourth-order valence-corrected chi connectivity index (χ4v) is 2.70. The molecular formula is C15H16N2O5S. The first-order valence-corrected chi connectivity index (χ1v) is 8.18. The maximum Gasteiger partial charge on any atom is 0.274 e. The molecule has 1 aromatic heterocycles. The van der Waals surface area contributed by atoms with E-state index in [4.69, 9.17) is 9.47 Å². The van der Waals surface area contributed by atoms with Gasteiger partial charge in [-0.15, -0.1) is 0 Å². The molecule has 0 bridgehead atoms. The van der Waals surface area contributed by atoms with Gasteiger partial charge in [-0.2, -0.15) is 0 Å². The molecule has 0 aliphatic carbocycles. The lowest BCUT2D eigenvalue weighted by Gasteiger charge is -2.15. The van der Waals surface area contributed by atoms with Crippen molar-refractivity contribution in [2.24, 2.45) is 0 Å². The second-order valence-electron chi connectivity index (χ2n) is 4.59. The van der Waals surface area contributed by atoms with Crippen LogP contribution in [0.25, 0.3) is 0 Å². The van der Waals surface area contributed by atoms with Gasteiger partial charge in [0.2, 0.25) is 0 Å². The van der Waals surface area contributed by atoms with Crippen LogP contribution in [0.15, 0.2) is 53.7 Å². The summed E-state index contributed by atoms with van der Waals surface area (Å²) in [5.41, 5.74) is 0. The second kappa shape index (κ2) is 7.10. The molecule has 0 unspecified atom stereocenters. The van der Waals surface area contributed by atoms with Crippen molar-refractivity contribution in [1.29, 1.82) is 0 Å². The van der Waals surface area contributed by atoms with Gasteiger partial charge < -0.3 is 9.47 Å². The van der Waals surface area contributed by atoms with Crippen molar-refractivity contribution in [2.45, 2.75) is 17.9 Å². The topological polar surface area (TPSA) is 94.6 Å². The number of pyridine rings is 1. The molecule has 0 fully saturated rings. The van der Waals surface area contributed by atoms with Crippen molar-refractivity contribution in [2.75, 3.05) is 7.11 Å². The number of carbonyl (C=O) groups is 1. The molecule has 1 N–H and O–H groups in total. The van der Waals surface area contributed by atoms with E-state index in [1.807, 2.05) is 4.72 Å². The van der Waals surface area contributed by atoms with Gasteiger partial charge in [-0.25, -0.2) is 13.1 Å². The molecule has 0 aliphatic heterocycles. The number of benzene rings is 1. The molecule has 0 saturated heterocycles. The maximum atomic E-state index is 12.0. The largest absolute Gasteiger partial charge is 0.497 e. The number of sulfonamides is 1. The number of ether oxygens (including phenoxy) is 2. The van der Waals surface area contributed by atoms with Crippen LogP contribution in [0.5, 0.6) is 11.5 Å². The van der Waals surface area contributed by atoms with E-state index in [1.165, 1.54) is 32.4 Å². The van der Waals surface area contributed by atoms with Crippen molar-refractivity contribution < 1.29 is 22.7 Å². The van der Waals surface area contributed by atoms with Crippen LogP contribution in [-0.4, -0.2) is 32.5 Å². The Kier molecular flexibility index (Phi) is 5.17. The van der Waals surface area contributed by atoms with Gasteiger partial charge in [-0.05, 0) is 43.3 Å². The molecule has 1 amide bonds. The third-order valence-corrected chi connectivity index (χ3v) is 4.25. The fraction of sp³-hybridized carbons (Fsp3) is 0.200. The zero-order valence-electron chi connectivity index (χ0n) is 12.6. The van der Waals surface area contributed by atoms with Crippen molar-refractivity contribution in [1.82, 2.24) is 9.71 Å². The summed E-state index contributed by atoms with van der Waals surface area (Å²) >= 11 is 0. The summed E-state index contributed by atoms with van der Waals surface area (Å²) in [5, 5.41) is 0. The highest BCUT2D eigenvalue weighted by atomic mass is 32.2. The zero-order chi connectivity index (χ0) is 16.9. The van der Waals surface area contributed by atoms with Gasteiger partial charge in [0.15, 0.2) is 6.10 Å². The minimum Gasteiger partial charge on any atom is -0.497 e. The number of amides is 1. The van der Waals surface area contributed by atoms with Gasteiger partial charge >= 0.3 is 0 Å². The van der Waals surface area contributed by atoms with Crippen molar-refractivity contribution in [3.63, 3.8) is 0 Å². The predicted molar refractivity (Wildman–Crippen MR) is 82.6 cm³/mol. The first-order chi connectivity index (χ1) is 10.9. The number of nitrogens with one attached hydrogen (secondary N) is 1. The fourth-order valence-electron chi connectivity index (χ4n) is 1.69. The van der Waals surface area contributed by atoms with Crippen LogP contribution in [0.1, 0.15) is 6.92 Å². The molecule has 23 heavy (non-hydrogen) atoms. The van der Waals surface area contributed by atoms with Gasteiger partial charge in [0.05, 0.1) is 7.11 Å². The molecule has 1 atom stereocenters. The first kappa shape index (κ1) is 16.8. The van der Waals surface area contributed by atoms with E-state index in [0.29, 0.717) is 11.5 Å². The molecule has 0 aliphatic rings. The van der Waals surface area contributed by atoms with Crippen LogP contribution in [0.2, 0.25) is 0 Å². The molecule has 0 radical (unpaired) electrons. The molecular weight excluding hydrogens is 320 g/mol. The minimum absolute atomic E-state index is 0.0926. The van der Waals surface area contributed by atoms with Crippen LogP contribution >= 0.6 is 0 Å². The highest BCUT2D eigenvalue weighted by Crippen LogP contribution is 2.18. The summed E-state index contributed by atoms with van der Waals surface area (Å²) in [7, 11) is -2.43. The van der Waals surface area contributed by atoms with Crippen LogP contribution in [0.3, 0.4) is 0 Å². The lowest BCUT2D eigenvalue weighted by atomic mass is 10.3. The number of rotatable bonds is 6. The van der Waals surface area contributed by atoms with Crippen LogP contribution < -0.4 is 14.2 Å². The number of hydrogen-bond acceptors (Lipinski definition) is 6. The number of hydrogen-bond donors (Lipinski definition) is 1. The van der Waals surface area contributed by atoms with Gasteiger partial charge in [-0.1, -0.05) is 0 Å². The predicted octanol–water partition coefficient (Wildman–Crippen LogP) is 1.36. The quantitative estimate of drug-likeness (QED) is 0.856. The average Bonchev–Trinajstić information content (AvgIpc) is 2.56. The van der Waals surface area contributed by atoms with Crippen LogP contribution in [0, 0.1) is 0 Å². The maximum absolute atomic E-state index is 12.0. The van der Waals surface area contributed by atoms with E-state index in [1.54, 1.807) is 24.3 Å². The monoisotopic (exact) mass is 336 g/mol. The normalized spacial score (nSPS) is 12.3. The summed E-state index contributed by atoms with van der Waals surface area (Å²) in [5.74, 6) is 0.297. The molecule has 0 spiro atoms.